The predicted octanol–water partition coefficient (Wildman–Crippen LogP) is -0.224. The molecule has 0 aromatic heterocycles. The van der Waals surface area contributed by atoms with Gasteiger partial charge < -0.3 is 4.84 Å². The maximum absolute atomic E-state index is 4.44. The van der Waals surface area contributed by atoms with E-state index in [-0.39, 0.29) is 8.41 Å². The molecule has 0 atom stereocenters. The fraction of sp³-hybridized carbons (Fsp3) is 1.00. The van der Waals surface area contributed by atoms with Crippen molar-refractivity contribution in [2.24, 2.45) is 0 Å². The molecule has 3 radical (unpaired) electrons. The maximum atomic E-state index is 4.44. The molecule has 1 N–H and O–H groups in total. The molecule has 0 spiro atoms. The minimum absolute atomic E-state index is 0. The van der Waals surface area contributed by atoms with Gasteiger partial charge in [-0.25, -0.2) is 5.48 Å². The molecule has 2 nitrogen and oxygen atoms in total. The molecule has 3 heteroatoms. The van der Waals surface area contributed by atoms with Gasteiger partial charge in [-0.1, -0.05) is 6.92 Å². The van der Waals surface area contributed by atoms with Gasteiger partial charge in [0.25, 0.3) is 0 Å². The largest absolute Gasteiger partial charge is 0.305 e. The first kappa shape index (κ1) is 9.37. The van der Waals surface area contributed by atoms with Crippen molar-refractivity contribution in [3.05, 3.63) is 0 Å². The van der Waals surface area contributed by atoms with Gasteiger partial charge in [0.05, 0.1) is 7.11 Å². The zero-order chi connectivity index (χ0) is 4.12. The molecule has 0 rings (SSSR count). The van der Waals surface area contributed by atoms with Crippen LogP contribution in [-0.2, 0) is 4.84 Å². The smallest absolute Gasteiger partial charge is 0.0572 e. The third-order valence-electron chi connectivity index (χ3n) is 0.289. The topological polar surface area (TPSA) is 21.3 Å². The average Bonchev–Trinajstić information content (AvgIpc) is 1.41. The lowest BCUT2D eigenvalue weighted by Gasteiger charge is -1.88. The van der Waals surface area contributed by atoms with E-state index in [9.17, 15) is 0 Å². The Morgan fingerprint density at radius 2 is 2.17 bits per heavy atom. The van der Waals surface area contributed by atoms with Gasteiger partial charge in [0.15, 0.2) is 0 Å². The van der Waals surface area contributed by atoms with Crippen molar-refractivity contribution >= 4 is 8.41 Å². The Morgan fingerprint density at radius 3 is 2.17 bits per heavy atom. The zero-order valence-corrected chi connectivity index (χ0v) is 4.19. The van der Waals surface area contributed by atoms with Crippen molar-refractivity contribution in [2.45, 2.75) is 6.92 Å². The highest BCUT2D eigenvalue weighted by Gasteiger charge is 1.61. The van der Waals surface area contributed by atoms with Gasteiger partial charge >= 0.3 is 0 Å². The zero-order valence-electron chi connectivity index (χ0n) is 4.19. The summed E-state index contributed by atoms with van der Waals surface area (Å²) in [6.07, 6.45) is 0. The van der Waals surface area contributed by atoms with Crippen LogP contribution in [0.15, 0.2) is 0 Å². The summed E-state index contributed by atoms with van der Waals surface area (Å²) in [5.74, 6) is 0. The summed E-state index contributed by atoms with van der Waals surface area (Å²) in [6.45, 7) is 2.85. The van der Waals surface area contributed by atoms with Crippen LogP contribution >= 0.6 is 0 Å². The lowest BCUT2D eigenvalue weighted by Crippen LogP contribution is -2.08. The Bertz CT molecular complexity index is 18.3. The van der Waals surface area contributed by atoms with Crippen LogP contribution in [0.2, 0.25) is 0 Å². The van der Waals surface area contributed by atoms with E-state index in [0.717, 1.165) is 6.54 Å². The Morgan fingerprint density at radius 1 is 1.67 bits per heavy atom. The van der Waals surface area contributed by atoms with Gasteiger partial charge in [-0.05, 0) is 0 Å². The highest BCUT2D eigenvalue weighted by atomic mass is 16.6. The van der Waals surface area contributed by atoms with E-state index in [1.54, 1.807) is 7.11 Å². The van der Waals surface area contributed by atoms with Crippen molar-refractivity contribution in [1.29, 1.82) is 0 Å². The molecule has 0 saturated heterocycles. The Hall–Kier alpha value is -0.0151. The summed E-state index contributed by atoms with van der Waals surface area (Å²) in [4.78, 5) is 4.44. The highest BCUT2D eigenvalue weighted by Crippen LogP contribution is 1.47. The third kappa shape index (κ3) is 9.01. The van der Waals surface area contributed by atoms with Gasteiger partial charge in [0, 0.05) is 15.0 Å². The van der Waals surface area contributed by atoms with E-state index in [4.69, 9.17) is 0 Å². The first-order chi connectivity index (χ1) is 2.41. The maximum Gasteiger partial charge on any atom is 0.0572 e. The fourth-order valence-electron chi connectivity index (χ4n) is 0.144. The number of hydrogen-bond acceptors (Lipinski definition) is 2. The second-order valence-electron chi connectivity index (χ2n) is 0.702. The fourth-order valence-corrected chi connectivity index (χ4v) is 0.144. The second kappa shape index (κ2) is 8.88. The molecule has 0 bridgehead atoms. The minimum Gasteiger partial charge on any atom is -0.305 e. The van der Waals surface area contributed by atoms with Crippen LogP contribution < -0.4 is 5.48 Å². The van der Waals surface area contributed by atoms with E-state index in [2.05, 4.69) is 10.3 Å². The molecule has 0 amide bonds. The average molecular weight is 85.9 g/mol. The van der Waals surface area contributed by atoms with E-state index in [1.807, 2.05) is 6.92 Å². The summed E-state index contributed by atoms with van der Waals surface area (Å²) >= 11 is 0. The van der Waals surface area contributed by atoms with Gasteiger partial charge in [-0.2, -0.15) is 0 Å². The second-order valence-corrected chi connectivity index (χ2v) is 0.702. The van der Waals surface area contributed by atoms with Crippen LogP contribution in [0.1, 0.15) is 6.92 Å². The van der Waals surface area contributed by atoms with Crippen molar-refractivity contribution in [3.63, 3.8) is 0 Å². The summed E-state index contributed by atoms with van der Waals surface area (Å²) in [7, 11) is 1.60. The quantitative estimate of drug-likeness (QED) is 0.370. The summed E-state index contributed by atoms with van der Waals surface area (Å²) < 4.78 is 0. The highest BCUT2D eigenvalue weighted by molar-refractivity contribution is 5.75. The van der Waals surface area contributed by atoms with E-state index < -0.39 is 0 Å². The molecule has 0 heterocycles. The molecule has 0 saturated carbocycles. The summed E-state index contributed by atoms with van der Waals surface area (Å²) in [6, 6.07) is 0. The van der Waals surface area contributed by atoms with Crippen LogP contribution in [0, 0.1) is 0 Å². The molecule has 0 aliphatic rings. The van der Waals surface area contributed by atoms with Crippen LogP contribution in [0.25, 0.3) is 0 Å². The summed E-state index contributed by atoms with van der Waals surface area (Å²) in [5, 5.41) is 0. The van der Waals surface area contributed by atoms with Gasteiger partial charge in [0.1, 0.15) is 0 Å². The van der Waals surface area contributed by atoms with Crippen molar-refractivity contribution in [3.8, 4) is 0 Å². The summed E-state index contributed by atoms with van der Waals surface area (Å²) in [5.41, 5.74) is 2.61. The molecule has 6 heavy (non-hydrogen) atoms. The van der Waals surface area contributed by atoms with Gasteiger partial charge in [0.2, 0.25) is 0 Å². The lowest BCUT2D eigenvalue weighted by atomic mass is 10.8. The normalized spacial score (nSPS) is 7.00. The molecule has 0 aliphatic heterocycles. The molecular weight excluding hydrogens is 76.9 g/mol. The van der Waals surface area contributed by atoms with Crippen LogP contribution in [0.4, 0.5) is 0 Å². The monoisotopic (exact) mass is 86.1 g/mol. The van der Waals surface area contributed by atoms with Crippen LogP contribution in [0.5, 0.6) is 0 Å². The third-order valence-corrected chi connectivity index (χ3v) is 0.289. The Kier molecular flexibility index (Phi) is 13.9. The molecule has 0 fully saturated rings. The number of hydrogen-bond donors (Lipinski definition) is 1. The standard InChI is InChI=1S/C3H9NO.B/c1-3-4-5-2;/h4H,3H2,1-2H3;. The molecule has 0 aliphatic carbocycles. The predicted molar refractivity (Wildman–Crippen MR) is 26.4 cm³/mol. The minimum atomic E-state index is 0. The van der Waals surface area contributed by atoms with E-state index in [0.29, 0.717) is 0 Å². The first-order valence-corrected chi connectivity index (χ1v) is 1.67. The molecular formula is C3H9BNO. The molecule has 0 unspecified atom stereocenters. The lowest BCUT2D eigenvalue weighted by molar-refractivity contribution is 0.0962. The number of rotatable bonds is 2. The van der Waals surface area contributed by atoms with Crippen LogP contribution in [-0.4, -0.2) is 22.1 Å². The molecule has 35 valence electrons. The van der Waals surface area contributed by atoms with Crippen molar-refractivity contribution in [1.82, 2.24) is 5.48 Å². The molecule has 0 aromatic rings. The number of hydroxylamine groups is 1. The van der Waals surface area contributed by atoms with Crippen LogP contribution in [0.3, 0.4) is 0 Å². The SMILES string of the molecule is CCNOC.[B]. The molecule has 0 aromatic carbocycles. The Labute approximate surface area is 40.4 Å². The van der Waals surface area contributed by atoms with Crippen molar-refractivity contribution in [2.75, 3.05) is 13.7 Å². The van der Waals surface area contributed by atoms with Gasteiger partial charge in [-0.3, -0.25) is 0 Å². The number of nitrogens with one attached hydrogen (secondary N) is 1. The van der Waals surface area contributed by atoms with E-state index in [1.165, 1.54) is 0 Å². The van der Waals surface area contributed by atoms with Crippen molar-refractivity contribution < 1.29 is 4.84 Å². The first-order valence-electron chi connectivity index (χ1n) is 1.67. The van der Waals surface area contributed by atoms with Gasteiger partial charge in [-0.15, -0.1) is 0 Å². The van der Waals surface area contributed by atoms with E-state index >= 15 is 0 Å². The Balaban J connectivity index is 0.